The van der Waals surface area contributed by atoms with Gasteiger partial charge in [-0.25, -0.2) is 9.97 Å². The fourth-order valence-corrected chi connectivity index (χ4v) is 3.27. The van der Waals surface area contributed by atoms with Crippen molar-refractivity contribution in [1.29, 1.82) is 0 Å². The summed E-state index contributed by atoms with van der Waals surface area (Å²) in [6.07, 6.45) is 4.71. The number of pyridine rings is 1. The van der Waals surface area contributed by atoms with Crippen molar-refractivity contribution in [3.05, 3.63) is 48.2 Å². The fourth-order valence-electron chi connectivity index (χ4n) is 3.27. The number of nitrogens with zero attached hydrogens (tertiary/aromatic N) is 4. The lowest BCUT2D eigenvalue weighted by Gasteiger charge is -2.38. The highest BCUT2D eigenvalue weighted by Gasteiger charge is 2.40. The molecule has 26 heavy (non-hydrogen) atoms. The first-order chi connectivity index (χ1) is 12.7. The summed E-state index contributed by atoms with van der Waals surface area (Å²) < 4.78 is 11.5. The van der Waals surface area contributed by atoms with Gasteiger partial charge in [0, 0.05) is 38.2 Å². The van der Waals surface area contributed by atoms with Crippen LogP contribution in [0.3, 0.4) is 0 Å². The number of carbonyl (C=O) groups is 1. The summed E-state index contributed by atoms with van der Waals surface area (Å²) in [7, 11) is 0. The van der Waals surface area contributed by atoms with Gasteiger partial charge in [-0.15, -0.1) is 0 Å². The Hall–Kier alpha value is -2.58. The zero-order chi connectivity index (χ0) is 17.8. The molecule has 2 aliphatic heterocycles. The molecule has 0 unspecified atom stereocenters. The van der Waals surface area contributed by atoms with E-state index in [1.807, 2.05) is 18.2 Å². The number of carbonyl (C=O) groups excluding carboxylic acids is 1. The minimum Gasteiger partial charge on any atom is -0.356 e. The van der Waals surface area contributed by atoms with E-state index in [1.54, 1.807) is 12.3 Å². The van der Waals surface area contributed by atoms with Crippen LogP contribution in [0.2, 0.25) is 0 Å². The first kappa shape index (κ1) is 16.9. The van der Waals surface area contributed by atoms with Crippen LogP contribution in [0.1, 0.15) is 29.0 Å². The van der Waals surface area contributed by atoms with Gasteiger partial charge in [-0.2, -0.15) is 0 Å². The zero-order valence-electron chi connectivity index (χ0n) is 14.4. The van der Waals surface area contributed by atoms with E-state index < -0.39 is 5.79 Å². The molecule has 1 amide bonds. The normalized spacial score (nSPS) is 18.8. The number of anilines is 1. The van der Waals surface area contributed by atoms with E-state index >= 15 is 0 Å². The van der Waals surface area contributed by atoms with Gasteiger partial charge >= 0.3 is 0 Å². The summed E-state index contributed by atoms with van der Waals surface area (Å²) in [5, 5.41) is 2.83. The van der Waals surface area contributed by atoms with E-state index in [1.165, 1.54) is 6.33 Å². The molecule has 0 atom stereocenters. The molecule has 1 N–H and O–H groups in total. The largest absolute Gasteiger partial charge is 0.356 e. The monoisotopic (exact) mass is 355 g/mol. The highest BCUT2D eigenvalue weighted by atomic mass is 16.7. The number of piperidine rings is 1. The number of hydrogen-bond acceptors (Lipinski definition) is 7. The molecule has 0 aromatic carbocycles. The van der Waals surface area contributed by atoms with Crippen molar-refractivity contribution in [1.82, 2.24) is 20.3 Å². The molecule has 4 heterocycles. The topological polar surface area (TPSA) is 89.5 Å². The lowest BCUT2D eigenvalue weighted by atomic mass is 10.0. The van der Waals surface area contributed by atoms with Gasteiger partial charge in [0.1, 0.15) is 17.8 Å². The molecule has 2 saturated heterocycles. The third kappa shape index (κ3) is 3.66. The maximum absolute atomic E-state index is 12.4. The fraction of sp³-hybridized carbons (Fsp3) is 0.444. The van der Waals surface area contributed by atoms with Crippen LogP contribution in [-0.4, -0.2) is 52.9 Å². The number of rotatable bonds is 4. The standard InChI is InChI=1S/C18H21N5O3/c24-17(20-12-14-3-1-2-6-19-14)15-11-16(22-13-21-15)23-7-4-18(5-8-23)25-9-10-26-18/h1-3,6,11,13H,4-5,7-10,12H2,(H,20,24). The van der Waals surface area contributed by atoms with E-state index in [9.17, 15) is 4.79 Å². The van der Waals surface area contributed by atoms with E-state index in [2.05, 4.69) is 25.2 Å². The quantitative estimate of drug-likeness (QED) is 0.880. The molecule has 0 radical (unpaired) electrons. The molecule has 2 aromatic rings. The van der Waals surface area contributed by atoms with Gasteiger partial charge in [-0.3, -0.25) is 9.78 Å². The second-order valence-electron chi connectivity index (χ2n) is 6.36. The number of ether oxygens (including phenoxy) is 2. The van der Waals surface area contributed by atoms with Gasteiger partial charge in [-0.1, -0.05) is 6.07 Å². The molecule has 8 heteroatoms. The van der Waals surface area contributed by atoms with Crippen molar-refractivity contribution < 1.29 is 14.3 Å². The first-order valence-corrected chi connectivity index (χ1v) is 8.77. The summed E-state index contributed by atoms with van der Waals surface area (Å²) in [5.41, 5.74) is 1.15. The van der Waals surface area contributed by atoms with Crippen LogP contribution in [0.5, 0.6) is 0 Å². The van der Waals surface area contributed by atoms with Gasteiger partial charge < -0.3 is 19.7 Å². The number of aromatic nitrogens is 3. The molecule has 2 fully saturated rings. The van der Waals surface area contributed by atoms with Crippen LogP contribution in [0.4, 0.5) is 5.82 Å². The van der Waals surface area contributed by atoms with Crippen LogP contribution in [0.15, 0.2) is 36.8 Å². The molecule has 0 saturated carbocycles. The molecule has 0 aliphatic carbocycles. The molecular weight excluding hydrogens is 334 g/mol. The smallest absolute Gasteiger partial charge is 0.270 e. The first-order valence-electron chi connectivity index (χ1n) is 8.77. The van der Waals surface area contributed by atoms with Gasteiger partial charge in [0.25, 0.3) is 5.91 Å². The molecule has 2 aliphatic rings. The third-order valence-corrected chi connectivity index (χ3v) is 4.70. The number of amides is 1. The van der Waals surface area contributed by atoms with Crippen LogP contribution < -0.4 is 10.2 Å². The van der Waals surface area contributed by atoms with E-state index in [0.29, 0.717) is 25.5 Å². The highest BCUT2D eigenvalue weighted by molar-refractivity contribution is 5.92. The van der Waals surface area contributed by atoms with Crippen molar-refractivity contribution in [3.8, 4) is 0 Å². The Bertz CT molecular complexity index is 754. The SMILES string of the molecule is O=C(NCc1ccccn1)c1cc(N2CCC3(CC2)OCCO3)ncn1. The molecular formula is C18H21N5O3. The van der Waals surface area contributed by atoms with Crippen molar-refractivity contribution in [2.75, 3.05) is 31.2 Å². The summed E-state index contributed by atoms with van der Waals surface area (Å²) in [6, 6.07) is 7.31. The predicted octanol–water partition coefficient (Wildman–Crippen LogP) is 1.14. The van der Waals surface area contributed by atoms with Crippen molar-refractivity contribution in [3.63, 3.8) is 0 Å². The number of nitrogens with one attached hydrogen (secondary N) is 1. The Labute approximate surface area is 151 Å². The highest BCUT2D eigenvalue weighted by Crippen LogP contribution is 2.32. The van der Waals surface area contributed by atoms with Crippen molar-refractivity contribution in [2.45, 2.75) is 25.2 Å². The Morgan fingerprint density at radius 1 is 1.15 bits per heavy atom. The minimum absolute atomic E-state index is 0.241. The van der Waals surface area contributed by atoms with Gasteiger partial charge in [0.15, 0.2) is 5.79 Å². The van der Waals surface area contributed by atoms with E-state index in [0.717, 1.165) is 37.4 Å². The summed E-state index contributed by atoms with van der Waals surface area (Å²) in [5.74, 6) is 0.0814. The molecule has 0 bridgehead atoms. The zero-order valence-corrected chi connectivity index (χ0v) is 14.4. The van der Waals surface area contributed by atoms with E-state index in [4.69, 9.17) is 9.47 Å². The average molecular weight is 355 g/mol. The average Bonchev–Trinajstić information content (AvgIpc) is 3.15. The van der Waals surface area contributed by atoms with Gasteiger partial charge in [-0.05, 0) is 12.1 Å². The molecule has 8 nitrogen and oxygen atoms in total. The second-order valence-corrected chi connectivity index (χ2v) is 6.36. The predicted molar refractivity (Wildman–Crippen MR) is 93.5 cm³/mol. The summed E-state index contributed by atoms with van der Waals surface area (Å²) >= 11 is 0. The van der Waals surface area contributed by atoms with Crippen LogP contribution in [0.25, 0.3) is 0 Å². The summed E-state index contributed by atoms with van der Waals surface area (Å²) in [6.45, 7) is 3.22. The lowest BCUT2D eigenvalue weighted by molar-refractivity contribution is -0.169. The Balaban J connectivity index is 1.38. The lowest BCUT2D eigenvalue weighted by Crippen LogP contribution is -2.45. The van der Waals surface area contributed by atoms with Crippen molar-refractivity contribution >= 4 is 11.7 Å². The number of hydrogen-bond donors (Lipinski definition) is 1. The van der Waals surface area contributed by atoms with Crippen molar-refractivity contribution in [2.24, 2.45) is 0 Å². The Morgan fingerprint density at radius 3 is 2.69 bits per heavy atom. The maximum Gasteiger partial charge on any atom is 0.270 e. The van der Waals surface area contributed by atoms with E-state index in [-0.39, 0.29) is 5.91 Å². The minimum atomic E-state index is -0.424. The van der Waals surface area contributed by atoms with Crippen LogP contribution in [-0.2, 0) is 16.0 Å². The molecule has 1 spiro atoms. The second kappa shape index (κ2) is 7.35. The third-order valence-electron chi connectivity index (χ3n) is 4.70. The summed E-state index contributed by atoms with van der Waals surface area (Å²) in [4.78, 5) is 27.1. The van der Waals surface area contributed by atoms with Crippen LogP contribution in [0, 0.1) is 0 Å². The Kier molecular flexibility index (Phi) is 4.77. The molecule has 2 aromatic heterocycles. The molecule has 136 valence electrons. The Morgan fingerprint density at radius 2 is 1.96 bits per heavy atom. The van der Waals surface area contributed by atoms with Gasteiger partial charge in [0.05, 0.1) is 25.5 Å². The van der Waals surface area contributed by atoms with Gasteiger partial charge in [0.2, 0.25) is 0 Å². The van der Waals surface area contributed by atoms with Crippen LogP contribution >= 0.6 is 0 Å². The molecule has 4 rings (SSSR count). The maximum atomic E-state index is 12.4.